The average Bonchev–Trinajstić information content (AvgIpc) is 3.37. The van der Waals surface area contributed by atoms with Crippen LogP contribution in [-0.2, 0) is 10.0 Å². The molecule has 3 heterocycles. The summed E-state index contributed by atoms with van der Waals surface area (Å²) in [6.45, 7) is 9.98. The maximum Gasteiger partial charge on any atom is 0.278 e. The van der Waals surface area contributed by atoms with Gasteiger partial charge in [0.1, 0.15) is 5.82 Å². The number of anilines is 2. The van der Waals surface area contributed by atoms with Crippen LogP contribution in [0.25, 0.3) is 0 Å². The summed E-state index contributed by atoms with van der Waals surface area (Å²) < 4.78 is 42.2. The maximum absolute atomic E-state index is 14.2. The van der Waals surface area contributed by atoms with Crippen LogP contribution >= 0.6 is 0 Å². The molecular formula is C23H35FN6O2S. The van der Waals surface area contributed by atoms with Crippen LogP contribution in [0.1, 0.15) is 76.3 Å². The molecule has 1 aromatic heterocycles. The summed E-state index contributed by atoms with van der Waals surface area (Å²) in [6, 6.07) is 3.01. The summed E-state index contributed by atoms with van der Waals surface area (Å²) in [7, 11) is -1.63. The van der Waals surface area contributed by atoms with E-state index in [9.17, 15) is 12.8 Å². The zero-order chi connectivity index (χ0) is 24.0. The third-order valence-corrected chi connectivity index (χ3v) is 9.01. The Kier molecular flexibility index (Phi) is 6.54. The molecule has 0 atom stereocenters. The van der Waals surface area contributed by atoms with E-state index in [-0.39, 0.29) is 34.3 Å². The van der Waals surface area contributed by atoms with Crippen molar-refractivity contribution in [2.24, 2.45) is 0 Å². The van der Waals surface area contributed by atoms with Crippen LogP contribution in [0, 0.1) is 5.82 Å². The molecule has 0 unspecified atom stereocenters. The molecule has 0 bridgehead atoms. The molecule has 8 nitrogen and oxygen atoms in total. The number of nitrogens with one attached hydrogen (secondary N) is 2. The van der Waals surface area contributed by atoms with E-state index >= 15 is 0 Å². The Morgan fingerprint density at radius 2 is 1.67 bits per heavy atom. The molecule has 33 heavy (non-hydrogen) atoms. The SMILES string of the molecule is CC(C)c1cc(F)cc(C(C)C)c1Nc1n[nH]c(S(=O)(=O)N2CCC3(CCCN3C)CC2)n1. The molecule has 2 aliphatic rings. The second kappa shape index (κ2) is 8.96. The van der Waals surface area contributed by atoms with Gasteiger partial charge in [-0.15, -0.1) is 5.10 Å². The minimum atomic E-state index is -3.77. The van der Waals surface area contributed by atoms with Gasteiger partial charge in [-0.25, -0.2) is 17.9 Å². The quantitative estimate of drug-likeness (QED) is 0.647. The van der Waals surface area contributed by atoms with Gasteiger partial charge in [-0.3, -0.25) is 0 Å². The Bertz CT molecular complexity index is 1080. The van der Waals surface area contributed by atoms with E-state index in [4.69, 9.17) is 0 Å². The predicted molar refractivity (Wildman–Crippen MR) is 127 cm³/mol. The van der Waals surface area contributed by atoms with E-state index in [2.05, 4.69) is 32.4 Å². The standard InChI is InChI=1S/C23H35FN6O2S/c1-15(2)18-13-17(24)14-19(16(3)4)20(18)25-21-26-22(28-27-21)33(31,32)30-11-8-23(9-12-30)7-6-10-29(23)5/h13-16H,6-12H2,1-5H3,(H2,25,26,27,28). The van der Waals surface area contributed by atoms with E-state index in [0.717, 1.165) is 42.6 Å². The van der Waals surface area contributed by atoms with Crippen molar-refractivity contribution in [3.05, 3.63) is 29.1 Å². The molecule has 0 radical (unpaired) electrons. The van der Waals surface area contributed by atoms with Crippen molar-refractivity contribution in [1.82, 2.24) is 24.4 Å². The van der Waals surface area contributed by atoms with Crippen LogP contribution in [0.5, 0.6) is 0 Å². The Hall–Kier alpha value is -2.04. The summed E-state index contributed by atoms with van der Waals surface area (Å²) >= 11 is 0. The zero-order valence-electron chi connectivity index (χ0n) is 20.2. The van der Waals surface area contributed by atoms with Gasteiger partial charge in [-0.2, -0.15) is 9.29 Å². The maximum atomic E-state index is 14.2. The highest BCUT2D eigenvalue weighted by Crippen LogP contribution is 2.38. The number of aromatic nitrogens is 3. The fourth-order valence-corrected chi connectivity index (χ4v) is 6.48. The number of aromatic amines is 1. The number of likely N-dealkylation sites (tertiary alicyclic amines) is 1. The Morgan fingerprint density at radius 3 is 2.18 bits per heavy atom. The van der Waals surface area contributed by atoms with Crippen molar-refractivity contribution in [2.45, 2.75) is 75.9 Å². The molecule has 182 valence electrons. The number of sulfonamides is 1. The molecular weight excluding hydrogens is 443 g/mol. The molecule has 2 aromatic rings. The van der Waals surface area contributed by atoms with Crippen LogP contribution in [0.4, 0.5) is 16.0 Å². The molecule has 1 spiro atoms. The van der Waals surface area contributed by atoms with Crippen LogP contribution in [0.15, 0.2) is 17.3 Å². The number of piperidine rings is 1. The molecule has 4 rings (SSSR count). The molecule has 2 N–H and O–H groups in total. The molecule has 0 saturated carbocycles. The predicted octanol–water partition coefficient (Wildman–Crippen LogP) is 4.18. The third kappa shape index (κ3) is 4.52. The third-order valence-electron chi connectivity index (χ3n) is 7.29. The van der Waals surface area contributed by atoms with Crippen molar-refractivity contribution in [2.75, 3.05) is 32.0 Å². The van der Waals surface area contributed by atoms with Gasteiger partial charge in [0.05, 0.1) is 0 Å². The van der Waals surface area contributed by atoms with Gasteiger partial charge in [-0.1, -0.05) is 27.7 Å². The number of hydrogen-bond donors (Lipinski definition) is 2. The van der Waals surface area contributed by atoms with Crippen LogP contribution in [0.2, 0.25) is 0 Å². The Labute approximate surface area is 196 Å². The number of nitrogens with zero attached hydrogens (tertiary/aromatic N) is 4. The highest BCUT2D eigenvalue weighted by molar-refractivity contribution is 7.88. The van der Waals surface area contributed by atoms with E-state index in [0.29, 0.717) is 13.1 Å². The minimum Gasteiger partial charge on any atom is -0.322 e. The van der Waals surface area contributed by atoms with E-state index in [1.165, 1.54) is 22.9 Å². The Morgan fingerprint density at radius 1 is 1.06 bits per heavy atom. The van der Waals surface area contributed by atoms with Crippen molar-refractivity contribution >= 4 is 21.7 Å². The first-order valence-corrected chi connectivity index (χ1v) is 13.2. The van der Waals surface area contributed by atoms with Gasteiger partial charge < -0.3 is 10.2 Å². The van der Waals surface area contributed by atoms with Gasteiger partial charge in [0.2, 0.25) is 5.95 Å². The van der Waals surface area contributed by atoms with E-state index in [1.54, 1.807) is 0 Å². The molecule has 0 amide bonds. The highest BCUT2D eigenvalue weighted by Gasteiger charge is 2.44. The monoisotopic (exact) mass is 478 g/mol. The molecule has 0 aliphatic carbocycles. The minimum absolute atomic E-state index is 0.0669. The topological polar surface area (TPSA) is 94.2 Å². The second-order valence-corrected chi connectivity index (χ2v) is 11.9. The summed E-state index contributed by atoms with van der Waals surface area (Å²) in [4.78, 5) is 6.65. The first kappa shape index (κ1) is 24.1. The molecule has 2 saturated heterocycles. The summed E-state index contributed by atoms with van der Waals surface area (Å²) in [5.74, 6) is 0.00411. The van der Waals surface area contributed by atoms with Crippen molar-refractivity contribution in [3.63, 3.8) is 0 Å². The summed E-state index contributed by atoms with van der Waals surface area (Å²) in [5, 5.41) is 9.72. The highest BCUT2D eigenvalue weighted by atomic mass is 32.2. The van der Waals surface area contributed by atoms with Gasteiger partial charge in [-0.05, 0) is 74.4 Å². The van der Waals surface area contributed by atoms with E-state index < -0.39 is 10.0 Å². The van der Waals surface area contributed by atoms with Crippen molar-refractivity contribution in [1.29, 1.82) is 0 Å². The number of hydrogen-bond acceptors (Lipinski definition) is 6. The summed E-state index contributed by atoms with van der Waals surface area (Å²) in [5.41, 5.74) is 2.46. The molecule has 2 fully saturated rings. The second-order valence-electron chi connectivity index (χ2n) is 10.0. The fraction of sp³-hybridized carbons (Fsp3) is 0.652. The van der Waals surface area contributed by atoms with E-state index in [1.807, 2.05) is 27.7 Å². The van der Waals surface area contributed by atoms with Gasteiger partial charge in [0.15, 0.2) is 0 Å². The Balaban J connectivity index is 1.55. The van der Waals surface area contributed by atoms with Gasteiger partial charge >= 0.3 is 0 Å². The molecule has 1 aromatic carbocycles. The smallest absolute Gasteiger partial charge is 0.278 e. The normalized spacial score (nSPS) is 19.8. The fourth-order valence-electron chi connectivity index (χ4n) is 5.20. The zero-order valence-corrected chi connectivity index (χ0v) is 21.0. The lowest BCUT2D eigenvalue weighted by Gasteiger charge is -2.42. The lowest BCUT2D eigenvalue weighted by atomic mass is 9.86. The van der Waals surface area contributed by atoms with Crippen LogP contribution in [-0.4, -0.2) is 65.0 Å². The lowest BCUT2D eigenvalue weighted by Crippen LogP contribution is -2.52. The van der Waals surface area contributed by atoms with Gasteiger partial charge in [0.25, 0.3) is 15.2 Å². The number of rotatable bonds is 6. The lowest BCUT2D eigenvalue weighted by molar-refractivity contribution is 0.101. The molecule has 2 aliphatic heterocycles. The van der Waals surface area contributed by atoms with Crippen LogP contribution in [0.3, 0.4) is 0 Å². The van der Waals surface area contributed by atoms with Crippen LogP contribution < -0.4 is 5.32 Å². The number of H-pyrrole nitrogens is 1. The van der Waals surface area contributed by atoms with Gasteiger partial charge in [0, 0.05) is 24.3 Å². The average molecular weight is 479 g/mol. The number of halogens is 1. The largest absolute Gasteiger partial charge is 0.322 e. The molecule has 10 heteroatoms. The first-order chi connectivity index (χ1) is 15.5. The number of benzene rings is 1. The first-order valence-electron chi connectivity index (χ1n) is 11.8. The summed E-state index contributed by atoms with van der Waals surface area (Å²) in [6.07, 6.45) is 3.95. The van der Waals surface area contributed by atoms with Crippen molar-refractivity contribution < 1.29 is 12.8 Å². The van der Waals surface area contributed by atoms with Crippen molar-refractivity contribution in [3.8, 4) is 0 Å².